The van der Waals surface area contributed by atoms with Gasteiger partial charge in [0.25, 0.3) is 0 Å². The number of nitrogens with two attached hydrogens (primary N) is 1. The molecule has 0 unspecified atom stereocenters. The molecular weight excluding hydrogens is 283 g/mol. The van der Waals surface area contributed by atoms with Crippen molar-refractivity contribution in [2.45, 2.75) is 24.7 Å². The lowest BCUT2D eigenvalue weighted by Gasteiger charge is -2.29. The standard InChI is InChI=1S/C13H17FN2O3S/c1-9-2-3-11(8-12(9)14)20(18,19)16-6-4-10(5-7-16)13(15)17/h2-3,8,10H,4-7H2,1H3,(H2,15,17). The highest BCUT2D eigenvalue weighted by Crippen LogP contribution is 2.24. The number of nitrogens with zero attached hydrogens (tertiary/aromatic N) is 1. The molecule has 0 spiro atoms. The van der Waals surface area contributed by atoms with Crippen molar-refractivity contribution in [3.05, 3.63) is 29.6 Å². The molecule has 0 saturated carbocycles. The lowest BCUT2D eigenvalue weighted by molar-refractivity contribution is -0.122. The maximum atomic E-state index is 13.5. The molecule has 2 N–H and O–H groups in total. The second-order valence-corrected chi connectivity index (χ2v) is 6.93. The van der Waals surface area contributed by atoms with Gasteiger partial charge in [0.2, 0.25) is 15.9 Å². The van der Waals surface area contributed by atoms with Gasteiger partial charge in [-0.05, 0) is 37.5 Å². The first-order valence-electron chi connectivity index (χ1n) is 6.38. The smallest absolute Gasteiger partial charge is 0.243 e. The largest absolute Gasteiger partial charge is 0.369 e. The zero-order chi connectivity index (χ0) is 14.9. The average Bonchev–Trinajstić information content (AvgIpc) is 2.41. The molecule has 0 bridgehead atoms. The fourth-order valence-electron chi connectivity index (χ4n) is 2.26. The van der Waals surface area contributed by atoms with E-state index in [1.165, 1.54) is 16.4 Å². The van der Waals surface area contributed by atoms with Crippen molar-refractivity contribution in [2.75, 3.05) is 13.1 Å². The summed E-state index contributed by atoms with van der Waals surface area (Å²) in [5, 5.41) is 0. The highest BCUT2D eigenvalue weighted by Gasteiger charge is 2.31. The van der Waals surface area contributed by atoms with Crippen LogP contribution in [-0.2, 0) is 14.8 Å². The van der Waals surface area contributed by atoms with E-state index in [0.29, 0.717) is 18.4 Å². The summed E-state index contributed by atoms with van der Waals surface area (Å²) in [6, 6.07) is 3.87. The normalized spacial score (nSPS) is 18.1. The Kier molecular flexibility index (Phi) is 4.10. The van der Waals surface area contributed by atoms with Crippen LogP contribution in [0.25, 0.3) is 0 Å². The summed E-state index contributed by atoms with van der Waals surface area (Å²) in [5.74, 6) is -1.22. The molecule has 1 saturated heterocycles. The molecule has 20 heavy (non-hydrogen) atoms. The zero-order valence-electron chi connectivity index (χ0n) is 11.2. The molecule has 7 heteroatoms. The summed E-state index contributed by atoms with van der Waals surface area (Å²) in [6.45, 7) is 2.03. The maximum Gasteiger partial charge on any atom is 0.243 e. The van der Waals surface area contributed by atoms with Gasteiger partial charge in [0, 0.05) is 19.0 Å². The van der Waals surface area contributed by atoms with Gasteiger partial charge < -0.3 is 5.73 Å². The first-order valence-corrected chi connectivity index (χ1v) is 7.82. The summed E-state index contributed by atoms with van der Waals surface area (Å²) in [7, 11) is -3.71. The topological polar surface area (TPSA) is 80.5 Å². The van der Waals surface area contributed by atoms with Crippen LogP contribution in [0.5, 0.6) is 0 Å². The van der Waals surface area contributed by atoms with E-state index in [9.17, 15) is 17.6 Å². The summed E-state index contributed by atoms with van der Waals surface area (Å²) in [5.41, 5.74) is 5.61. The Hall–Kier alpha value is -1.47. The van der Waals surface area contributed by atoms with E-state index >= 15 is 0 Å². The van der Waals surface area contributed by atoms with Crippen LogP contribution >= 0.6 is 0 Å². The van der Waals surface area contributed by atoms with Gasteiger partial charge in [-0.25, -0.2) is 12.8 Å². The van der Waals surface area contributed by atoms with Crippen molar-refractivity contribution in [3.63, 3.8) is 0 Å². The molecule has 5 nitrogen and oxygen atoms in total. The second-order valence-electron chi connectivity index (χ2n) is 4.99. The van der Waals surface area contributed by atoms with Crippen LogP contribution in [0.4, 0.5) is 4.39 Å². The van der Waals surface area contributed by atoms with Crippen LogP contribution in [0.15, 0.2) is 23.1 Å². The molecule has 1 aromatic carbocycles. The molecule has 110 valence electrons. The quantitative estimate of drug-likeness (QED) is 0.905. The number of amides is 1. The minimum absolute atomic E-state index is 0.0573. The molecule has 1 fully saturated rings. The number of primary amides is 1. The molecule has 0 atom stereocenters. The van der Waals surface area contributed by atoms with Gasteiger partial charge in [-0.3, -0.25) is 4.79 Å². The number of aryl methyl sites for hydroxylation is 1. The maximum absolute atomic E-state index is 13.5. The van der Waals surface area contributed by atoms with Gasteiger partial charge in [0.1, 0.15) is 5.82 Å². The molecular formula is C13H17FN2O3S. The molecule has 0 radical (unpaired) electrons. The zero-order valence-corrected chi connectivity index (χ0v) is 12.0. The fraction of sp³-hybridized carbons (Fsp3) is 0.462. The molecule has 1 aliphatic rings. The Labute approximate surface area is 117 Å². The van der Waals surface area contributed by atoms with Crippen LogP contribution in [0.1, 0.15) is 18.4 Å². The number of piperidine rings is 1. The van der Waals surface area contributed by atoms with Crippen molar-refractivity contribution in [1.29, 1.82) is 0 Å². The van der Waals surface area contributed by atoms with E-state index in [4.69, 9.17) is 5.73 Å². The Bertz CT molecular complexity index is 623. The third kappa shape index (κ3) is 2.83. The van der Waals surface area contributed by atoms with Crippen LogP contribution in [-0.4, -0.2) is 31.7 Å². The third-order valence-corrected chi connectivity index (χ3v) is 5.53. The number of hydrogen-bond donors (Lipinski definition) is 1. The van der Waals surface area contributed by atoms with Gasteiger partial charge in [0.05, 0.1) is 4.90 Å². The van der Waals surface area contributed by atoms with Crippen LogP contribution < -0.4 is 5.73 Å². The number of sulfonamides is 1. The first kappa shape index (κ1) is 14.9. The molecule has 2 rings (SSSR count). The van der Waals surface area contributed by atoms with E-state index < -0.39 is 21.7 Å². The van der Waals surface area contributed by atoms with E-state index in [1.807, 2.05) is 0 Å². The number of carbonyl (C=O) groups excluding carboxylic acids is 1. The van der Waals surface area contributed by atoms with Crippen molar-refractivity contribution in [1.82, 2.24) is 4.31 Å². The number of carbonyl (C=O) groups is 1. The Morgan fingerprint density at radius 1 is 1.35 bits per heavy atom. The van der Waals surface area contributed by atoms with E-state index in [-0.39, 0.29) is 23.9 Å². The Balaban J connectivity index is 2.19. The highest BCUT2D eigenvalue weighted by molar-refractivity contribution is 7.89. The van der Waals surface area contributed by atoms with Crippen molar-refractivity contribution < 1.29 is 17.6 Å². The molecule has 1 aliphatic heterocycles. The van der Waals surface area contributed by atoms with Crippen molar-refractivity contribution in [3.8, 4) is 0 Å². The lowest BCUT2D eigenvalue weighted by Crippen LogP contribution is -2.41. The average molecular weight is 300 g/mol. The molecule has 1 heterocycles. The first-order chi connectivity index (χ1) is 9.32. The summed E-state index contributed by atoms with van der Waals surface area (Å²) >= 11 is 0. The highest BCUT2D eigenvalue weighted by atomic mass is 32.2. The second kappa shape index (κ2) is 5.49. The SMILES string of the molecule is Cc1ccc(S(=O)(=O)N2CCC(C(N)=O)CC2)cc1F. The number of rotatable bonds is 3. The van der Waals surface area contributed by atoms with E-state index in [2.05, 4.69) is 0 Å². The number of benzene rings is 1. The monoisotopic (exact) mass is 300 g/mol. The number of hydrogen-bond acceptors (Lipinski definition) is 3. The number of halogens is 1. The van der Waals surface area contributed by atoms with Crippen LogP contribution in [0, 0.1) is 18.7 Å². The minimum Gasteiger partial charge on any atom is -0.369 e. The van der Waals surface area contributed by atoms with Gasteiger partial charge in [-0.2, -0.15) is 4.31 Å². The van der Waals surface area contributed by atoms with Crippen molar-refractivity contribution >= 4 is 15.9 Å². The minimum atomic E-state index is -3.71. The van der Waals surface area contributed by atoms with Crippen LogP contribution in [0.3, 0.4) is 0 Å². The summed E-state index contributed by atoms with van der Waals surface area (Å²) in [6.07, 6.45) is 0.811. The van der Waals surface area contributed by atoms with Gasteiger partial charge in [-0.15, -0.1) is 0 Å². The molecule has 1 amide bonds. The van der Waals surface area contributed by atoms with Crippen molar-refractivity contribution in [2.24, 2.45) is 11.7 Å². The van der Waals surface area contributed by atoms with Gasteiger partial charge in [-0.1, -0.05) is 6.07 Å². The molecule has 0 aliphatic carbocycles. The van der Waals surface area contributed by atoms with E-state index in [1.54, 1.807) is 6.92 Å². The summed E-state index contributed by atoms with van der Waals surface area (Å²) < 4.78 is 39.5. The van der Waals surface area contributed by atoms with Crippen LogP contribution in [0.2, 0.25) is 0 Å². The van der Waals surface area contributed by atoms with E-state index in [0.717, 1.165) is 6.07 Å². The Morgan fingerprint density at radius 2 is 1.95 bits per heavy atom. The predicted molar refractivity (Wildman–Crippen MR) is 71.8 cm³/mol. The summed E-state index contributed by atoms with van der Waals surface area (Å²) in [4.78, 5) is 11.0. The third-order valence-electron chi connectivity index (χ3n) is 3.64. The lowest BCUT2D eigenvalue weighted by atomic mass is 9.98. The fourth-order valence-corrected chi connectivity index (χ4v) is 3.75. The van der Waals surface area contributed by atoms with Gasteiger partial charge in [0.15, 0.2) is 0 Å². The Morgan fingerprint density at radius 3 is 2.45 bits per heavy atom. The predicted octanol–water partition coefficient (Wildman–Crippen LogP) is 1.02. The molecule has 1 aromatic rings. The van der Waals surface area contributed by atoms with Gasteiger partial charge >= 0.3 is 0 Å². The molecule has 0 aromatic heterocycles.